The molecule has 1 aromatic rings. The molecule has 1 unspecified atom stereocenters. The molecule has 1 aliphatic carbocycles. The van der Waals surface area contributed by atoms with Crippen molar-refractivity contribution in [3.63, 3.8) is 0 Å². The first-order chi connectivity index (χ1) is 7.71. The Morgan fingerprint density at radius 3 is 2.50 bits per heavy atom. The topological polar surface area (TPSA) is 47.6 Å². The molecule has 0 fully saturated rings. The van der Waals surface area contributed by atoms with Crippen LogP contribution in [0.1, 0.15) is 17.0 Å². The van der Waals surface area contributed by atoms with Crippen LogP contribution in [-0.4, -0.2) is 27.2 Å². The first-order valence-corrected chi connectivity index (χ1v) is 5.17. The largest absolute Gasteiger partial charge is 0.493 e. The molecular weight excluding hydrogens is 206 g/mol. The number of likely N-dealkylation sites (N-methyl/N-ethyl adjacent to an activating group) is 1. The van der Waals surface area contributed by atoms with Crippen LogP contribution in [0.5, 0.6) is 11.5 Å². The van der Waals surface area contributed by atoms with Crippen molar-refractivity contribution in [2.45, 2.75) is 12.3 Å². The second-order valence-electron chi connectivity index (χ2n) is 3.78. The summed E-state index contributed by atoms with van der Waals surface area (Å²) in [5.41, 5.74) is 2.20. The number of fused-ring (bicyclic) bond motifs is 1. The second kappa shape index (κ2) is 4.04. The van der Waals surface area contributed by atoms with Crippen molar-refractivity contribution in [2.75, 3.05) is 21.3 Å². The summed E-state index contributed by atoms with van der Waals surface area (Å²) in [6.45, 7) is 0. The number of nitrogens with one attached hydrogen (secondary N) is 1. The van der Waals surface area contributed by atoms with Crippen molar-refractivity contribution < 1.29 is 14.3 Å². The Bertz CT molecular complexity index is 429. The number of carbonyl (C=O) groups excluding carboxylic acids is 1. The van der Waals surface area contributed by atoms with Gasteiger partial charge in [-0.2, -0.15) is 0 Å². The van der Waals surface area contributed by atoms with Gasteiger partial charge in [-0.3, -0.25) is 4.79 Å². The van der Waals surface area contributed by atoms with E-state index in [4.69, 9.17) is 9.47 Å². The van der Waals surface area contributed by atoms with Gasteiger partial charge in [-0.15, -0.1) is 0 Å². The third-order valence-electron chi connectivity index (χ3n) is 3.01. The normalized spacial score (nSPS) is 17.1. The quantitative estimate of drug-likeness (QED) is 0.831. The Balaban J connectivity index is 2.34. The first-order valence-electron chi connectivity index (χ1n) is 5.17. The summed E-state index contributed by atoms with van der Waals surface area (Å²) in [7, 11) is 4.86. The molecule has 1 amide bonds. The minimum Gasteiger partial charge on any atom is -0.493 e. The van der Waals surface area contributed by atoms with Crippen molar-refractivity contribution in [3.05, 3.63) is 23.3 Å². The standard InChI is InChI=1S/C12H15NO3/c1-13-12(14)9-4-7-5-10(15-2)11(16-3)6-8(7)9/h5-6,9H,4H2,1-3H3,(H,13,14). The van der Waals surface area contributed by atoms with Crippen LogP contribution in [0, 0.1) is 0 Å². The Morgan fingerprint density at radius 2 is 1.94 bits per heavy atom. The number of amides is 1. The van der Waals surface area contributed by atoms with E-state index >= 15 is 0 Å². The Labute approximate surface area is 94.6 Å². The third kappa shape index (κ3) is 1.50. The Hall–Kier alpha value is -1.71. The van der Waals surface area contributed by atoms with Crippen LogP contribution in [0.2, 0.25) is 0 Å². The fraction of sp³-hybridized carbons (Fsp3) is 0.417. The minimum atomic E-state index is -0.0418. The van der Waals surface area contributed by atoms with Gasteiger partial charge in [-0.1, -0.05) is 0 Å². The van der Waals surface area contributed by atoms with Crippen LogP contribution in [0.4, 0.5) is 0 Å². The van der Waals surface area contributed by atoms with E-state index in [-0.39, 0.29) is 11.8 Å². The first kappa shape index (κ1) is 10.8. The van der Waals surface area contributed by atoms with E-state index in [0.29, 0.717) is 5.75 Å². The number of ether oxygens (including phenoxy) is 2. The molecule has 0 saturated heterocycles. The van der Waals surface area contributed by atoms with Gasteiger partial charge in [-0.05, 0) is 29.7 Å². The summed E-state index contributed by atoms with van der Waals surface area (Å²) in [5.74, 6) is 1.41. The van der Waals surface area contributed by atoms with Gasteiger partial charge in [-0.25, -0.2) is 0 Å². The van der Waals surface area contributed by atoms with E-state index in [1.165, 1.54) is 0 Å². The SMILES string of the molecule is CNC(=O)C1Cc2cc(OC)c(OC)cc21. The molecule has 86 valence electrons. The number of carbonyl (C=O) groups is 1. The Kier molecular flexibility index (Phi) is 2.73. The molecule has 1 aliphatic rings. The van der Waals surface area contributed by atoms with Crippen molar-refractivity contribution in [1.29, 1.82) is 0 Å². The number of hydrogen-bond donors (Lipinski definition) is 1. The molecule has 0 heterocycles. The number of methoxy groups -OCH3 is 2. The van der Waals surface area contributed by atoms with Crippen LogP contribution >= 0.6 is 0 Å². The highest BCUT2D eigenvalue weighted by atomic mass is 16.5. The third-order valence-corrected chi connectivity index (χ3v) is 3.01. The summed E-state index contributed by atoms with van der Waals surface area (Å²) >= 11 is 0. The molecule has 0 aliphatic heterocycles. The zero-order valence-electron chi connectivity index (χ0n) is 9.66. The average Bonchev–Trinajstić information content (AvgIpc) is 2.30. The predicted molar refractivity (Wildman–Crippen MR) is 60.1 cm³/mol. The highest BCUT2D eigenvalue weighted by molar-refractivity contribution is 5.87. The molecule has 1 aromatic carbocycles. The fourth-order valence-corrected chi connectivity index (χ4v) is 2.04. The van der Waals surface area contributed by atoms with Gasteiger partial charge in [0.1, 0.15) is 0 Å². The summed E-state index contributed by atoms with van der Waals surface area (Å²) < 4.78 is 10.4. The zero-order valence-corrected chi connectivity index (χ0v) is 9.66. The molecule has 0 bridgehead atoms. The minimum absolute atomic E-state index is 0.0418. The van der Waals surface area contributed by atoms with E-state index in [0.717, 1.165) is 23.3 Å². The Morgan fingerprint density at radius 1 is 1.31 bits per heavy atom. The maximum atomic E-state index is 11.5. The zero-order chi connectivity index (χ0) is 11.7. The molecule has 1 N–H and O–H groups in total. The molecule has 16 heavy (non-hydrogen) atoms. The monoisotopic (exact) mass is 221 g/mol. The fourth-order valence-electron chi connectivity index (χ4n) is 2.04. The lowest BCUT2D eigenvalue weighted by Gasteiger charge is -2.29. The molecular formula is C12H15NO3. The molecule has 4 nitrogen and oxygen atoms in total. The van der Waals surface area contributed by atoms with Crippen LogP contribution in [0.3, 0.4) is 0 Å². The maximum absolute atomic E-state index is 11.5. The van der Waals surface area contributed by atoms with Crippen LogP contribution in [0.15, 0.2) is 12.1 Å². The molecule has 1 atom stereocenters. The van der Waals surface area contributed by atoms with Gasteiger partial charge in [0.2, 0.25) is 5.91 Å². The number of benzene rings is 1. The van der Waals surface area contributed by atoms with Crippen LogP contribution in [-0.2, 0) is 11.2 Å². The summed E-state index contributed by atoms with van der Waals surface area (Å²) in [5, 5.41) is 2.66. The van der Waals surface area contributed by atoms with Crippen molar-refractivity contribution in [2.24, 2.45) is 0 Å². The van der Waals surface area contributed by atoms with E-state index in [2.05, 4.69) is 5.32 Å². The summed E-state index contributed by atoms with van der Waals surface area (Å²) in [6, 6.07) is 3.82. The van der Waals surface area contributed by atoms with Gasteiger partial charge in [0.15, 0.2) is 11.5 Å². The lowest BCUT2D eigenvalue weighted by Crippen LogP contribution is -2.33. The van der Waals surface area contributed by atoms with Gasteiger partial charge < -0.3 is 14.8 Å². The van der Waals surface area contributed by atoms with Crippen LogP contribution in [0.25, 0.3) is 0 Å². The second-order valence-corrected chi connectivity index (χ2v) is 3.78. The van der Waals surface area contributed by atoms with E-state index < -0.39 is 0 Å². The number of rotatable bonds is 3. The highest BCUT2D eigenvalue weighted by Gasteiger charge is 2.33. The predicted octanol–water partition coefficient (Wildman–Crippen LogP) is 1.09. The maximum Gasteiger partial charge on any atom is 0.227 e. The average molecular weight is 221 g/mol. The molecule has 0 saturated carbocycles. The van der Waals surface area contributed by atoms with Crippen LogP contribution < -0.4 is 14.8 Å². The molecule has 0 spiro atoms. The summed E-state index contributed by atoms with van der Waals surface area (Å²) in [6.07, 6.45) is 0.773. The van der Waals surface area contributed by atoms with Crippen molar-refractivity contribution in [3.8, 4) is 11.5 Å². The van der Waals surface area contributed by atoms with Gasteiger partial charge in [0.25, 0.3) is 0 Å². The van der Waals surface area contributed by atoms with E-state index in [1.54, 1.807) is 21.3 Å². The molecule has 2 rings (SSSR count). The lowest BCUT2D eigenvalue weighted by atomic mass is 9.76. The van der Waals surface area contributed by atoms with Gasteiger partial charge in [0.05, 0.1) is 20.1 Å². The number of hydrogen-bond acceptors (Lipinski definition) is 3. The molecule has 4 heteroatoms. The van der Waals surface area contributed by atoms with Gasteiger partial charge >= 0.3 is 0 Å². The lowest BCUT2D eigenvalue weighted by molar-refractivity contribution is -0.122. The van der Waals surface area contributed by atoms with Gasteiger partial charge in [0, 0.05) is 7.05 Å². The van der Waals surface area contributed by atoms with E-state index in [1.807, 2.05) is 12.1 Å². The molecule has 0 radical (unpaired) electrons. The van der Waals surface area contributed by atoms with Crippen molar-refractivity contribution >= 4 is 5.91 Å². The van der Waals surface area contributed by atoms with Crippen molar-refractivity contribution in [1.82, 2.24) is 5.32 Å². The van der Waals surface area contributed by atoms with E-state index in [9.17, 15) is 4.79 Å². The summed E-state index contributed by atoms with van der Waals surface area (Å²) in [4.78, 5) is 11.5. The molecule has 0 aromatic heterocycles. The smallest absolute Gasteiger partial charge is 0.227 e. The highest BCUT2D eigenvalue weighted by Crippen LogP contribution is 2.42.